The van der Waals surface area contributed by atoms with E-state index in [0.29, 0.717) is 13.2 Å². The normalized spacial score (nSPS) is 12.4. The van der Waals surface area contributed by atoms with E-state index in [1.54, 1.807) is 0 Å². The van der Waals surface area contributed by atoms with Gasteiger partial charge in [0, 0.05) is 6.54 Å². The third kappa shape index (κ3) is 8.34. The molecule has 0 amide bonds. The topological polar surface area (TPSA) is 41.5 Å². The second-order valence-corrected chi connectivity index (χ2v) is 6.48. The molecule has 0 aliphatic heterocycles. The van der Waals surface area contributed by atoms with E-state index in [1.165, 1.54) is 30.6 Å². The van der Waals surface area contributed by atoms with E-state index in [1.807, 2.05) is 37.7 Å². The molecule has 1 unspecified atom stereocenters. The van der Waals surface area contributed by atoms with Crippen LogP contribution in [-0.2, 0) is 0 Å². The van der Waals surface area contributed by atoms with Crippen LogP contribution >= 0.6 is 11.8 Å². The van der Waals surface area contributed by atoms with E-state index >= 15 is 0 Å². The van der Waals surface area contributed by atoms with Crippen molar-refractivity contribution in [1.82, 2.24) is 5.32 Å². The smallest absolute Gasteiger partial charge is 0.122 e. The van der Waals surface area contributed by atoms with Crippen LogP contribution in [0.4, 0.5) is 0 Å². The first-order valence-electron chi connectivity index (χ1n) is 7.71. The predicted octanol–water partition coefficient (Wildman–Crippen LogP) is 3.17. The fourth-order valence-electron chi connectivity index (χ4n) is 2.05. The van der Waals surface area contributed by atoms with Gasteiger partial charge in [0.1, 0.15) is 18.5 Å². The van der Waals surface area contributed by atoms with Crippen LogP contribution in [0.1, 0.15) is 30.4 Å². The highest BCUT2D eigenvalue weighted by Crippen LogP contribution is 2.19. The van der Waals surface area contributed by atoms with Crippen molar-refractivity contribution in [2.24, 2.45) is 0 Å². The van der Waals surface area contributed by atoms with Gasteiger partial charge in [0.05, 0.1) is 0 Å². The lowest BCUT2D eigenvalue weighted by molar-refractivity contribution is 0.106. The van der Waals surface area contributed by atoms with Crippen molar-refractivity contribution in [3.63, 3.8) is 0 Å². The Bertz CT molecular complexity index is 398. The SMILES string of the molecule is CSCCCCCNCC(O)COc1cc(C)ccc1C. The highest BCUT2D eigenvalue weighted by Gasteiger charge is 2.06. The minimum atomic E-state index is -0.462. The van der Waals surface area contributed by atoms with Gasteiger partial charge in [-0.3, -0.25) is 0 Å². The van der Waals surface area contributed by atoms with Crippen LogP contribution in [0, 0.1) is 13.8 Å². The molecule has 21 heavy (non-hydrogen) atoms. The van der Waals surface area contributed by atoms with E-state index in [9.17, 15) is 5.11 Å². The Morgan fingerprint density at radius 2 is 2.05 bits per heavy atom. The first kappa shape index (κ1) is 18.3. The highest BCUT2D eigenvalue weighted by atomic mass is 32.2. The molecule has 4 heteroatoms. The largest absolute Gasteiger partial charge is 0.491 e. The summed E-state index contributed by atoms with van der Waals surface area (Å²) in [6.45, 7) is 5.96. The number of hydrogen-bond acceptors (Lipinski definition) is 4. The van der Waals surface area contributed by atoms with Gasteiger partial charge in [-0.15, -0.1) is 0 Å². The maximum absolute atomic E-state index is 9.92. The monoisotopic (exact) mass is 311 g/mol. The Kier molecular flexibility index (Phi) is 9.55. The number of unbranched alkanes of at least 4 members (excludes halogenated alkanes) is 2. The van der Waals surface area contributed by atoms with Crippen molar-refractivity contribution in [3.05, 3.63) is 29.3 Å². The van der Waals surface area contributed by atoms with E-state index in [0.717, 1.165) is 17.9 Å². The second-order valence-electron chi connectivity index (χ2n) is 5.49. The van der Waals surface area contributed by atoms with Crippen LogP contribution in [0.25, 0.3) is 0 Å². The number of aliphatic hydroxyl groups is 1. The Hall–Kier alpha value is -0.710. The van der Waals surface area contributed by atoms with Gasteiger partial charge in [-0.2, -0.15) is 11.8 Å². The number of nitrogens with one attached hydrogen (secondary N) is 1. The fourth-order valence-corrected chi connectivity index (χ4v) is 2.54. The molecule has 0 radical (unpaired) electrons. The van der Waals surface area contributed by atoms with Crippen molar-refractivity contribution in [2.45, 2.75) is 39.2 Å². The number of ether oxygens (including phenoxy) is 1. The lowest BCUT2D eigenvalue weighted by Gasteiger charge is -2.15. The summed E-state index contributed by atoms with van der Waals surface area (Å²) in [5, 5.41) is 13.2. The molecule has 0 saturated carbocycles. The van der Waals surface area contributed by atoms with E-state index < -0.39 is 6.10 Å². The van der Waals surface area contributed by atoms with Gasteiger partial charge in [0.25, 0.3) is 0 Å². The molecule has 0 aliphatic carbocycles. The summed E-state index contributed by atoms with van der Waals surface area (Å²) in [6.07, 6.45) is 5.39. The second kappa shape index (κ2) is 10.9. The van der Waals surface area contributed by atoms with Crippen LogP contribution in [0.2, 0.25) is 0 Å². The van der Waals surface area contributed by atoms with Crippen molar-refractivity contribution in [1.29, 1.82) is 0 Å². The lowest BCUT2D eigenvalue weighted by Crippen LogP contribution is -2.32. The molecular formula is C17H29NO2S. The molecule has 1 atom stereocenters. The summed E-state index contributed by atoms with van der Waals surface area (Å²) >= 11 is 1.90. The van der Waals surface area contributed by atoms with Crippen molar-refractivity contribution in [2.75, 3.05) is 31.7 Å². The Balaban J connectivity index is 2.11. The quantitative estimate of drug-likeness (QED) is 0.616. The zero-order chi connectivity index (χ0) is 15.5. The van der Waals surface area contributed by atoms with Gasteiger partial charge >= 0.3 is 0 Å². The number of aryl methyl sites for hydroxylation is 2. The van der Waals surface area contributed by atoms with E-state index in [-0.39, 0.29) is 0 Å². The average Bonchev–Trinajstić information content (AvgIpc) is 2.47. The number of benzene rings is 1. The van der Waals surface area contributed by atoms with Crippen LogP contribution in [-0.4, -0.2) is 42.9 Å². The molecule has 1 aromatic carbocycles. The Morgan fingerprint density at radius 3 is 2.81 bits per heavy atom. The molecule has 1 rings (SSSR count). The summed E-state index contributed by atoms with van der Waals surface area (Å²) in [7, 11) is 0. The predicted molar refractivity (Wildman–Crippen MR) is 92.5 cm³/mol. The molecule has 0 fully saturated rings. The van der Waals surface area contributed by atoms with E-state index in [4.69, 9.17) is 4.74 Å². The summed E-state index contributed by atoms with van der Waals surface area (Å²) in [4.78, 5) is 0. The zero-order valence-electron chi connectivity index (χ0n) is 13.5. The molecule has 3 nitrogen and oxygen atoms in total. The summed E-state index contributed by atoms with van der Waals surface area (Å²) in [5.41, 5.74) is 2.28. The molecule has 0 spiro atoms. The van der Waals surface area contributed by atoms with Gasteiger partial charge < -0.3 is 15.2 Å². The van der Waals surface area contributed by atoms with Crippen molar-refractivity contribution >= 4 is 11.8 Å². The molecule has 2 N–H and O–H groups in total. The molecule has 0 heterocycles. The minimum absolute atomic E-state index is 0.337. The highest BCUT2D eigenvalue weighted by molar-refractivity contribution is 7.98. The van der Waals surface area contributed by atoms with Crippen LogP contribution in [0.3, 0.4) is 0 Å². The first-order valence-corrected chi connectivity index (χ1v) is 9.10. The molecule has 0 aromatic heterocycles. The van der Waals surface area contributed by atoms with Gasteiger partial charge in [-0.25, -0.2) is 0 Å². The molecule has 0 bridgehead atoms. The maximum Gasteiger partial charge on any atom is 0.122 e. The standard InChI is InChI=1S/C17H29NO2S/c1-14-7-8-15(2)17(11-14)20-13-16(19)12-18-9-5-4-6-10-21-3/h7-8,11,16,18-19H,4-6,9-10,12-13H2,1-3H3. The summed E-state index contributed by atoms with van der Waals surface area (Å²) in [5.74, 6) is 2.11. The van der Waals surface area contributed by atoms with Crippen LogP contribution < -0.4 is 10.1 Å². The third-order valence-corrected chi connectivity index (χ3v) is 4.05. The number of hydrogen-bond donors (Lipinski definition) is 2. The summed E-state index contributed by atoms with van der Waals surface area (Å²) in [6, 6.07) is 6.13. The van der Waals surface area contributed by atoms with Gasteiger partial charge in [-0.1, -0.05) is 18.6 Å². The third-order valence-electron chi connectivity index (χ3n) is 3.36. The molecule has 120 valence electrons. The van der Waals surface area contributed by atoms with E-state index in [2.05, 4.69) is 17.6 Å². The molecular weight excluding hydrogens is 282 g/mol. The van der Waals surface area contributed by atoms with Gasteiger partial charge in [0.15, 0.2) is 0 Å². The summed E-state index contributed by atoms with van der Waals surface area (Å²) < 4.78 is 5.70. The maximum atomic E-state index is 9.92. The van der Waals surface area contributed by atoms with Crippen molar-refractivity contribution < 1.29 is 9.84 Å². The number of aliphatic hydroxyl groups excluding tert-OH is 1. The molecule has 1 aromatic rings. The fraction of sp³-hybridized carbons (Fsp3) is 0.647. The lowest BCUT2D eigenvalue weighted by atomic mass is 10.1. The van der Waals surface area contributed by atoms with Crippen LogP contribution in [0.15, 0.2) is 18.2 Å². The van der Waals surface area contributed by atoms with Crippen LogP contribution in [0.5, 0.6) is 5.75 Å². The number of rotatable bonds is 11. The zero-order valence-corrected chi connectivity index (χ0v) is 14.3. The van der Waals surface area contributed by atoms with Gasteiger partial charge in [-0.05, 0) is 62.4 Å². The number of thioether (sulfide) groups is 1. The molecule has 0 aliphatic rings. The minimum Gasteiger partial charge on any atom is -0.491 e. The molecule has 0 saturated heterocycles. The van der Waals surface area contributed by atoms with Crippen molar-refractivity contribution in [3.8, 4) is 5.75 Å². The first-order chi connectivity index (χ1) is 10.1. The van der Waals surface area contributed by atoms with Gasteiger partial charge in [0.2, 0.25) is 0 Å². The Labute approximate surface area is 133 Å². The Morgan fingerprint density at radius 1 is 1.24 bits per heavy atom. The average molecular weight is 311 g/mol.